The van der Waals surface area contributed by atoms with Crippen LogP contribution in [0.25, 0.3) is 33.7 Å². The van der Waals surface area contributed by atoms with Gasteiger partial charge < -0.3 is 19.0 Å². The van der Waals surface area contributed by atoms with E-state index in [4.69, 9.17) is 18.9 Å². The summed E-state index contributed by atoms with van der Waals surface area (Å²) in [7, 11) is 0. The first-order valence-corrected chi connectivity index (χ1v) is 13.1. The van der Waals surface area contributed by atoms with Gasteiger partial charge in [-0.3, -0.25) is 9.69 Å². The number of fused-ring (bicyclic) bond motifs is 3. The molecule has 2 atom stereocenters. The average molecular weight is 515 g/mol. The van der Waals surface area contributed by atoms with Crippen molar-refractivity contribution in [2.45, 2.75) is 32.2 Å². The molecule has 0 saturated carbocycles. The highest BCUT2D eigenvalue weighted by molar-refractivity contribution is 5.82. The number of carbonyl (C=O) groups is 1. The number of carboxylic acid groups (broad SMARTS) is 1. The summed E-state index contributed by atoms with van der Waals surface area (Å²) in [5, 5.41) is 9.41. The summed E-state index contributed by atoms with van der Waals surface area (Å²) < 4.78 is 33.2. The second-order valence-electron chi connectivity index (χ2n) is 10.3. The van der Waals surface area contributed by atoms with Crippen LogP contribution in [-0.2, 0) is 11.2 Å². The van der Waals surface area contributed by atoms with Crippen molar-refractivity contribution in [3.8, 4) is 34.1 Å². The van der Waals surface area contributed by atoms with Crippen LogP contribution in [0.4, 0.5) is 4.39 Å². The molecule has 4 aromatic rings. The predicted octanol–water partition coefficient (Wildman–Crippen LogP) is 5.77. The van der Waals surface area contributed by atoms with E-state index in [0.29, 0.717) is 56.1 Å². The van der Waals surface area contributed by atoms with Gasteiger partial charge in [0.1, 0.15) is 18.7 Å². The molecule has 3 aliphatic rings. The predicted molar refractivity (Wildman–Crippen MR) is 139 cm³/mol. The number of likely N-dealkylation sites (tertiary alicyclic amines) is 1. The number of carboxylic acids is 1. The third-order valence-electron chi connectivity index (χ3n) is 8.21. The van der Waals surface area contributed by atoms with Gasteiger partial charge in [-0.05, 0) is 84.8 Å². The highest BCUT2D eigenvalue weighted by atomic mass is 19.1. The molecule has 3 heterocycles. The number of benzene rings is 3. The molecule has 8 heteroatoms. The van der Waals surface area contributed by atoms with Crippen LogP contribution < -0.4 is 9.47 Å². The van der Waals surface area contributed by atoms with E-state index in [1.165, 1.54) is 0 Å². The van der Waals surface area contributed by atoms with Gasteiger partial charge in [-0.2, -0.15) is 0 Å². The lowest BCUT2D eigenvalue weighted by Gasteiger charge is -2.24. The van der Waals surface area contributed by atoms with Gasteiger partial charge in [-0.15, -0.1) is 0 Å². The van der Waals surface area contributed by atoms with Gasteiger partial charge >= 0.3 is 5.97 Å². The van der Waals surface area contributed by atoms with E-state index in [2.05, 4.69) is 4.90 Å². The number of nitrogens with zero attached hydrogens (tertiary/aromatic N) is 2. The van der Waals surface area contributed by atoms with Crippen LogP contribution >= 0.6 is 0 Å². The molecule has 7 nitrogen and oxygen atoms in total. The molecule has 1 aliphatic carbocycles. The summed E-state index contributed by atoms with van der Waals surface area (Å²) in [4.78, 5) is 18.4. The number of oxazole rings is 1. The summed E-state index contributed by atoms with van der Waals surface area (Å²) in [6.45, 7) is 4.27. The van der Waals surface area contributed by atoms with E-state index in [1.807, 2.05) is 49.4 Å². The topological polar surface area (TPSA) is 85.0 Å². The van der Waals surface area contributed by atoms with Crippen molar-refractivity contribution < 1.29 is 28.2 Å². The van der Waals surface area contributed by atoms with Gasteiger partial charge in [0.15, 0.2) is 22.9 Å². The molecule has 0 bridgehead atoms. The Morgan fingerprint density at radius 2 is 1.89 bits per heavy atom. The maximum Gasteiger partial charge on any atom is 0.307 e. The first-order valence-electron chi connectivity index (χ1n) is 13.1. The van der Waals surface area contributed by atoms with E-state index < -0.39 is 5.97 Å². The molecule has 2 unspecified atom stereocenters. The fourth-order valence-corrected chi connectivity index (χ4v) is 6.23. The van der Waals surface area contributed by atoms with Crippen LogP contribution in [0.3, 0.4) is 0 Å². The Labute approximate surface area is 218 Å². The second kappa shape index (κ2) is 8.84. The molecule has 3 aromatic carbocycles. The van der Waals surface area contributed by atoms with Gasteiger partial charge in [0.2, 0.25) is 5.89 Å². The lowest BCUT2D eigenvalue weighted by Crippen LogP contribution is -2.26. The molecule has 1 fully saturated rings. The Balaban J connectivity index is 1.25. The van der Waals surface area contributed by atoms with E-state index in [-0.39, 0.29) is 23.4 Å². The van der Waals surface area contributed by atoms with Crippen LogP contribution in [0.5, 0.6) is 11.5 Å². The average Bonchev–Trinajstić information content (AvgIpc) is 3.67. The number of rotatable bonds is 4. The molecule has 7 rings (SSSR count). The summed E-state index contributed by atoms with van der Waals surface area (Å²) in [5.74, 6) is 0.357. The van der Waals surface area contributed by atoms with E-state index >= 15 is 4.39 Å². The quantitative estimate of drug-likeness (QED) is 0.370. The molecule has 194 valence electrons. The molecular weight excluding hydrogens is 487 g/mol. The zero-order valence-corrected chi connectivity index (χ0v) is 21.0. The Hall–Kier alpha value is -3.91. The van der Waals surface area contributed by atoms with Gasteiger partial charge in [0, 0.05) is 18.2 Å². The second-order valence-corrected chi connectivity index (χ2v) is 10.3. The van der Waals surface area contributed by atoms with Crippen LogP contribution in [0.1, 0.15) is 35.6 Å². The van der Waals surface area contributed by atoms with E-state index in [0.717, 1.165) is 45.7 Å². The molecule has 38 heavy (non-hydrogen) atoms. The smallest absolute Gasteiger partial charge is 0.307 e. The third-order valence-corrected chi connectivity index (χ3v) is 8.21. The molecular formula is C30H27FN2O5. The minimum Gasteiger partial charge on any atom is -0.486 e. The highest BCUT2D eigenvalue weighted by Crippen LogP contribution is 2.43. The van der Waals surface area contributed by atoms with Crippen LogP contribution in [-0.4, -0.2) is 47.3 Å². The number of aromatic nitrogens is 1. The van der Waals surface area contributed by atoms with Gasteiger partial charge in [0.25, 0.3) is 0 Å². The maximum atomic E-state index is 15.7. The molecule has 2 aliphatic heterocycles. The molecule has 0 spiro atoms. The van der Waals surface area contributed by atoms with Crippen LogP contribution in [0.2, 0.25) is 0 Å². The molecule has 0 radical (unpaired) electrons. The number of aliphatic carboxylic acids is 1. The lowest BCUT2D eigenvalue weighted by atomic mass is 9.96. The minimum absolute atomic E-state index is 0.00803. The van der Waals surface area contributed by atoms with Gasteiger partial charge in [-0.25, -0.2) is 9.37 Å². The van der Waals surface area contributed by atoms with E-state index in [9.17, 15) is 9.90 Å². The molecule has 1 aromatic heterocycles. The van der Waals surface area contributed by atoms with Gasteiger partial charge in [0.05, 0.1) is 5.92 Å². The van der Waals surface area contributed by atoms with Crippen molar-refractivity contribution in [1.82, 2.24) is 9.88 Å². The zero-order chi connectivity index (χ0) is 26.0. The minimum atomic E-state index is -0.762. The van der Waals surface area contributed by atoms with Crippen molar-refractivity contribution >= 4 is 17.1 Å². The molecule has 1 N–H and O–H groups in total. The largest absolute Gasteiger partial charge is 0.486 e. The normalized spacial score (nSPS) is 20.7. The standard InChI is InChI=1S/C30H27FN2O5/c1-16-19(17-5-8-25-26(13-17)37-12-11-36-25)3-2-4-20(16)29-32-23-14-22-21(27(31)28(23)38-29)6-7-24(22)33-10-9-18(15-33)30(34)35/h2-5,8,13-14,18,24H,6-7,9-12,15H2,1H3,(H,34,35). The van der Waals surface area contributed by atoms with Crippen molar-refractivity contribution in [3.63, 3.8) is 0 Å². The zero-order valence-electron chi connectivity index (χ0n) is 21.0. The van der Waals surface area contributed by atoms with Gasteiger partial charge in [-0.1, -0.05) is 18.2 Å². The number of ether oxygens (including phenoxy) is 2. The fourth-order valence-electron chi connectivity index (χ4n) is 6.23. The SMILES string of the molecule is Cc1c(-c2ccc3c(c2)OCCO3)cccc1-c1nc2cc3c(c(F)c2o1)CCC3N1CCC(C(=O)O)C1. The van der Waals surface area contributed by atoms with Crippen LogP contribution in [0.15, 0.2) is 46.9 Å². The number of hydrogen-bond donors (Lipinski definition) is 1. The Kier molecular flexibility index (Phi) is 5.40. The third kappa shape index (κ3) is 3.66. The highest BCUT2D eigenvalue weighted by Gasteiger charge is 2.37. The van der Waals surface area contributed by atoms with E-state index in [1.54, 1.807) is 0 Å². The van der Waals surface area contributed by atoms with Crippen molar-refractivity contribution in [2.24, 2.45) is 5.92 Å². The summed E-state index contributed by atoms with van der Waals surface area (Å²) in [6.07, 6.45) is 2.00. The monoisotopic (exact) mass is 514 g/mol. The number of halogens is 1. The lowest BCUT2D eigenvalue weighted by molar-refractivity contribution is -0.141. The Morgan fingerprint density at radius 3 is 2.71 bits per heavy atom. The summed E-state index contributed by atoms with van der Waals surface area (Å²) in [5.41, 5.74) is 5.99. The molecule has 1 saturated heterocycles. The molecule has 0 amide bonds. The van der Waals surface area contributed by atoms with Crippen molar-refractivity contribution in [1.29, 1.82) is 0 Å². The van der Waals surface area contributed by atoms with Crippen molar-refractivity contribution in [3.05, 3.63) is 65.0 Å². The first-order chi connectivity index (χ1) is 18.5. The Morgan fingerprint density at radius 1 is 1.08 bits per heavy atom. The maximum absolute atomic E-state index is 15.7. The van der Waals surface area contributed by atoms with Crippen LogP contribution in [0, 0.1) is 18.7 Å². The summed E-state index contributed by atoms with van der Waals surface area (Å²) in [6, 6.07) is 13.8. The fraction of sp³-hybridized carbons (Fsp3) is 0.333. The first kappa shape index (κ1) is 23.2. The van der Waals surface area contributed by atoms with Crippen molar-refractivity contribution in [2.75, 3.05) is 26.3 Å². The summed E-state index contributed by atoms with van der Waals surface area (Å²) >= 11 is 0. The number of hydrogen-bond acceptors (Lipinski definition) is 6. The Bertz CT molecular complexity index is 1600.